The van der Waals surface area contributed by atoms with Crippen LogP contribution in [0.1, 0.15) is 127 Å². The van der Waals surface area contributed by atoms with Crippen LogP contribution in [-0.2, 0) is 4.79 Å². The van der Waals surface area contributed by atoms with E-state index in [4.69, 9.17) is 4.99 Å². The molecular weight excluding hydrogens is 462 g/mol. The Morgan fingerprint density at radius 1 is 1.05 bits per heavy atom. The van der Waals surface area contributed by atoms with E-state index in [0.29, 0.717) is 23.7 Å². The smallest absolute Gasteiger partial charge is 0.335 e. The summed E-state index contributed by atoms with van der Waals surface area (Å²) in [4.78, 5) is 33.1. The maximum atomic E-state index is 14.2. The first kappa shape index (κ1) is 27.7. The van der Waals surface area contributed by atoms with Gasteiger partial charge < -0.3 is 15.3 Å². The van der Waals surface area contributed by atoms with Gasteiger partial charge in [0, 0.05) is 6.04 Å². The number of hydrogen-bond acceptors (Lipinski definition) is 4. The van der Waals surface area contributed by atoms with E-state index in [1.165, 1.54) is 19.3 Å². The second kappa shape index (κ2) is 11.2. The van der Waals surface area contributed by atoms with Gasteiger partial charge in [-0.25, -0.2) is 9.79 Å². The molecule has 2 aliphatic carbocycles. The highest BCUT2D eigenvalue weighted by molar-refractivity contribution is 6.39. The van der Waals surface area contributed by atoms with Crippen LogP contribution in [0.25, 0.3) is 0 Å². The molecule has 0 bridgehead atoms. The van der Waals surface area contributed by atoms with Crippen LogP contribution in [0, 0.1) is 17.3 Å². The fourth-order valence-electron chi connectivity index (χ4n) is 6.66. The van der Waals surface area contributed by atoms with Crippen LogP contribution in [0.15, 0.2) is 29.3 Å². The van der Waals surface area contributed by atoms with Crippen LogP contribution < -0.4 is 5.32 Å². The first-order chi connectivity index (χ1) is 17.5. The van der Waals surface area contributed by atoms with Crippen molar-refractivity contribution >= 4 is 17.7 Å². The Bertz CT molecular complexity index is 978. The number of amidine groups is 1. The van der Waals surface area contributed by atoms with Crippen molar-refractivity contribution in [1.29, 1.82) is 0 Å². The van der Waals surface area contributed by atoms with Crippen molar-refractivity contribution in [1.82, 2.24) is 10.2 Å². The third kappa shape index (κ3) is 6.21. The number of carbonyl (C=O) groups is 2. The molecule has 37 heavy (non-hydrogen) atoms. The van der Waals surface area contributed by atoms with E-state index < -0.39 is 11.6 Å². The molecule has 204 valence electrons. The number of rotatable bonds is 7. The molecule has 0 aromatic heterocycles. The van der Waals surface area contributed by atoms with Crippen molar-refractivity contribution in [3.63, 3.8) is 0 Å². The Labute approximate surface area is 223 Å². The molecule has 6 nitrogen and oxygen atoms in total. The maximum absolute atomic E-state index is 14.2. The van der Waals surface area contributed by atoms with Crippen LogP contribution in [-0.4, -0.2) is 39.4 Å². The minimum Gasteiger partial charge on any atom is -0.478 e. The number of amides is 1. The molecule has 2 fully saturated rings. The number of aliphatic imine (C=N–C) groups is 1. The van der Waals surface area contributed by atoms with Crippen molar-refractivity contribution in [3.8, 4) is 0 Å². The zero-order valence-corrected chi connectivity index (χ0v) is 23.6. The summed E-state index contributed by atoms with van der Waals surface area (Å²) < 4.78 is 0. The van der Waals surface area contributed by atoms with Crippen molar-refractivity contribution in [3.05, 3.63) is 35.4 Å². The molecule has 2 N–H and O–H groups in total. The number of nitrogens with one attached hydrogen (secondary N) is 1. The van der Waals surface area contributed by atoms with Crippen molar-refractivity contribution in [2.45, 2.75) is 123 Å². The summed E-state index contributed by atoms with van der Waals surface area (Å²) in [5, 5.41) is 13.0. The number of carbonyl (C=O) groups excluding carboxylic acids is 1. The lowest BCUT2D eigenvalue weighted by atomic mass is 9.69. The second-order valence-corrected chi connectivity index (χ2v) is 13.2. The molecule has 0 saturated heterocycles. The van der Waals surface area contributed by atoms with Gasteiger partial charge in [-0.2, -0.15) is 0 Å². The first-order valence-corrected chi connectivity index (χ1v) is 14.5. The minimum atomic E-state index is -0.929. The Kier molecular flexibility index (Phi) is 8.35. The van der Waals surface area contributed by atoms with E-state index >= 15 is 0 Å². The zero-order valence-electron chi connectivity index (χ0n) is 23.6. The van der Waals surface area contributed by atoms with Crippen molar-refractivity contribution < 1.29 is 14.7 Å². The summed E-state index contributed by atoms with van der Waals surface area (Å²) in [7, 11) is 0. The molecular formula is C31H47N3O3. The largest absolute Gasteiger partial charge is 0.478 e. The van der Waals surface area contributed by atoms with Gasteiger partial charge in [0.25, 0.3) is 5.91 Å². The molecule has 3 aliphatic rings. The summed E-state index contributed by atoms with van der Waals surface area (Å²) in [5.41, 5.74) is 0.995. The Balaban J connectivity index is 1.69. The van der Waals surface area contributed by atoms with Crippen molar-refractivity contribution in [2.75, 3.05) is 0 Å². The first-order valence-electron chi connectivity index (χ1n) is 14.5. The number of aromatic carboxylic acids is 1. The molecule has 1 aliphatic heterocycles. The average Bonchev–Trinajstić information content (AvgIpc) is 3.10. The predicted octanol–water partition coefficient (Wildman–Crippen LogP) is 6.96. The number of benzene rings is 1. The van der Waals surface area contributed by atoms with Crippen molar-refractivity contribution in [2.24, 2.45) is 22.2 Å². The highest BCUT2D eigenvalue weighted by Crippen LogP contribution is 2.49. The number of hydrogen-bond donors (Lipinski definition) is 2. The van der Waals surface area contributed by atoms with E-state index in [1.54, 1.807) is 12.1 Å². The molecule has 2 saturated carbocycles. The lowest BCUT2D eigenvalue weighted by molar-refractivity contribution is -0.134. The fourth-order valence-corrected chi connectivity index (χ4v) is 6.66. The van der Waals surface area contributed by atoms with E-state index in [2.05, 4.69) is 44.8 Å². The van der Waals surface area contributed by atoms with Gasteiger partial charge in [-0.3, -0.25) is 4.79 Å². The summed E-state index contributed by atoms with van der Waals surface area (Å²) in [6, 6.07) is 7.35. The van der Waals surface area contributed by atoms with E-state index in [-0.39, 0.29) is 22.9 Å². The predicted molar refractivity (Wildman–Crippen MR) is 149 cm³/mol. The molecule has 0 unspecified atom stereocenters. The summed E-state index contributed by atoms with van der Waals surface area (Å²) >= 11 is 0. The van der Waals surface area contributed by atoms with E-state index in [9.17, 15) is 14.7 Å². The van der Waals surface area contributed by atoms with Gasteiger partial charge in [0.15, 0.2) is 5.84 Å². The number of nitrogens with zero attached hydrogens (tertiary/aromatic N) is 2. The third-order valence-electron chi connectivity index (χ3n) is 9.02. The van der Waals surface area contributed by atoms with Gasteiger partial charge in [0.1, 0.15) is 5.66 Å². The molecule has 4 rings (SSSR count). The normalized spacial score (nSPS) is 26.0. The fraction of sp³-hybridized carbons (Fsp3) is 0.710. The summed E-state index contributed by atoms with van der Waals surface area (Å²) in [5.74, 6) is 0.770. The lowest BCUT2D eigenvalue weighted by Gasteiger charge is -2.47. The van der Waals surface area contributed by atoms with E-state index in [0.717, 1.165) is 56.9 Å². The highest BCUT2D eigenvalue weighted by Gasteiger charge is 2.52. The highest BCUT2D eigenvalue weighted by atomic mass is 16.4. The second-order valence-electron chi connectivity index (χ2n) is 13.2. The summed E-state index contributed by atoms with van der Waals surface area (Å²) in [6.07, 6.45) is 11.6. The minimum absolute atomic E-state index is 0.0239. The number of carboxylic acid groups (broad SMARTS) is 1. The molecule has 6 heteroatoms. The van der Waals surface area contributed by atoms with Gasteiger partial charge in [-0.15, -0.1) is 0 Å². The molecule has 1 spiro atoms. The maximum Gasteiger partial charge on any atom is 0.335 e. The van der Waals surface area contributed by atoms with E-state index in [1.807, 2.05) is 12.1 Å². The van der Waals surface area contributed by atoms with Gasteiger partial charge >= 0.3 is 5.97 Å². The monoisotopic (exact) mass is 509 g/mol. The Morgan fingerprint density at radius 2 is 1.68 bits per heavy atom. The molecule has 1 atom stereocenters. The van der Waals surface area contributed by atoms with Crippen LogP contribution in [0.2, 0.25) is 0 Å². The standard InChI is InChI=1S/C31H47N3O3/c1-21(2)11-16-26(22-12-14-23(15-13-22)29(36)37)34-28(35)27(32-25-9-7-6-8-10-25)33-31(34)19-17-24(18-20-31)30(3,4)5/h12-15,21,24-26H,6-11,16-20H2,1-5H3,(H,32,33)(H,36,37)/t24?,26-,31?/m1/s1. The third-order valence-corrected chi connectivity index (χ3v) is 9.02. The SMILES string of the molecule is CC(C)CC[C@H](c1ccc(C(=O)O)cc1)N1C(=O)C(NC2CCCCC2)=NC12CCC(C(C)(C)C)CC2. The van der Waals surface area contributed by atoms with Crippen LogP contribution in [0.3, 0.4) is 0 Å². The van der Waals surface area contributed by atoms with Gasteiger partial charge in [0.05, 0.1) is 11.6 Å². The summed E-state index contributed by atoms with van der Waals surface area (Å²) in [6.45, 7) is 11.4. The molecule has 0 radical (unpaired) electrons. The zero-order chi connectivity index (χ0) is 26.8. The van der Waals surface area contributed by atoms with Gasteiger partial charge in [0.2, 0.25) is 0 Å². The average molecular weight is 510 g/mol. The molecule has 1 aromatic rings. The van der Waals surface area contributed by atoms with Gasteiger partial charge in [-0.05, 0) is 86.3 Å². The molecule has 1 aromatic carbocycles. The molecule has 1 heterocycles. The lowest BCUT2D eigenvalue weighted by Crippen LogP contribution is -2.52. The quantitative estimate of drug-likeness (QED) is 0.416. The topological polar surface area (TPSA) is 82.0 Å². The van der Waals surface area contributed by atoms with Crippen LogP contribution >= 0.6 is 0 Å². The Hall–Kier alpha value is -2.37. The Morgan fingerprint density at radius 3 is 2.22 bits per heavy atom. The molecule has 1 amide bonds. The number of carboxylic acids is 1. The van der Waals surface area contributed by atoms with Gasteiger partial charge in [-0.1, -0.05) is 66.0 Å². The van der Waals surface area contributed by atoms with Crippen LogP contribution in [0.4, 0.5) is 0 Å². The van der Waals surface area contributed by atoms with Crippen LogP contribution in [0.5, 0.6) is 0 Å².